The van der Waals surface area contributed by atoms with E-state index in [0.717, 1.165) is 0 Å². The van der Waals surface area contributed by atoms with Crippen LogP contribution in [0.5, 0.6) is 0 Å². The average molecular weight is 175 g/mol. The highest BCUT2D eigenvalue weighted by Gasteiger charge is 2.25. The van der Waals surface area contributed by atoms with Crippen LogP contribution in [0.1, 0.15) is 27.7 Å². The first-order chi connectivity index (χ1) is 6.00. The van der Waals surface area contributed by atoms with Gasteiger partial charge < -0.3 is 0 Å². The molecule has 0 radical (unpaired) electrons. The highest BCUT2D eigenvalue weighted by molar-refractivity contribution is 6.22. The summed E-state index contributed by atoms with van der Waals surface area (Å²) < 4.78 is 0. The fourth-order valence-electron chi connectivity index (χ4n) is 2.05. The molecule has 0 heterocycles. The van der Waals surface area contributed by atoms with Crippen LogP contribution < -0.4 is 0 Å². The Labute approximate surface area is 82.1 Å². The summed E-state index contributed by atoms with van der Waals surface area (Å²) in [4.78, 5) is 4.14. The molecule has 0 saturated heterocycles. The van der Waals surface area contributed by atoms with Gasteiger partial charge in [0, 0.05) is 11.6 Å². The number of nitrogens with zero attached hydrogens (tertiary/aromatic N) is 1. The molecule has 0 spiro atoms. The van der Waals surface area contributed by atoms with Gasteiger partial charge in [0.25, 0.3) is 0 Å². The van der Waals surface area contributed by atoms with Crippen LogP contribution in [0.2, 0.25) is 0 Å². The highest BCUT2D eigenvalue weighted by Crippen LogP contribution is 2.37. The van der Waals surface area contributed by atoms with Gasteiger partial charge in [0.05, 0.1) is 0 Å². The van der Waals surface area contributed by atoms with Gasteiger partial charge in [-0.2, -0.15) is 0 Å². The Bertz CT molecular complexity index is 299. The molecule has 13 heavy (non-hydrogen) atoms. The minimum atomic E-state index is 0.515. The lowest BCUT2D eigenvalue weighted by Gasteiger charge is -2.30. The number of hydrogen-bond donors (Lipinski definition) is 0. The molecule has 0 aliphatic heterocycles. The van der Waals surface area contributed by atoms with Crippen LogP contribution in [-0.2, 0) is 0 Å². The van der Waals surface area contributed by atoms with Crippen molar-refractivity contribution < 1.29 is 0 Å². The number of aliphatic imine (C=N–C) groups is 1. The Kier molecular flexibility index (Phi) is 2.79. The third kappa shape index (κ3) is 1.50. The minimum Gasteiger partial charge on any atom is -0.268 e. The van der Waals surface area contributed by atoms with Gasteiger partial charge in [0.15, 0.2) is 0 Å². The second-order valence-corrected chi connectivity index (χ2v) is 4.05. The summed E-state index contributed by atoms with van der Waals surface area (Å²) in [6.07, 6.45) is 0. The van der Waals surface area contributed by atoms with Gasteiger partial charge in [-0.15, -0.1) is 5.47 Å². The van der Waals surface area contributed by atoms with Gasteiger partial charge in [-0.3, -0.25) is 4.99 Å². The first-order valence-electron chi connectivity index (χ1n) is 4.86. The van der Waals surface area contributed by atoms with E-state index in [1.54, 1.807) is 0 Å². The molecule has 1 rings (SSSR count). The fourth-order valence-corrected chi connectivity index (χ4v) is 2.05. The lowest BCUT2D eigenvalue weighted by molar-refractivity contribution is 0.500. The van der Waals surface area contributed by atoms with Crippen molar-refractivity contribution in [3.05, 3.63) is 22.3 Å². The number of allylic oxidation sites excluding steroid dienone is 4. The molecule has 1 aliphatic carbocycles. The lowest BCUT2D eigenvalue weighted by Crippen LogP contribution is -2.20. The summed E-state index contributed by atoms with van der Waals surface area (Å²) >= 11 is 0. The van der Waals surface area contributed by atoms with Crippen molar-refractivity contribution in [2.75, 3.05) is 0 Å². The predicted molar refractivity (Wildman–Crippen MR) is 61.8 cm³/mol. The lowest BCUT2D eigenvalue weighted by atomic mass is 9.69. The number of rotatable bonds is 1. The summed E-state index contributed by atoms with van der Waals surface area (Å²) in [5, 5.41) is 0. The van der Waals surface area contributed by atoms with Gasteiger partial charge in [-0.05, 0) is 32.1 Å². The zero-order chi connectivity index (χ0) is 10.2. The molecular weight excluding hydrogens is 157 g/mol. The van der Waals surface area contributed by atoms with Gasteiger partial charge in [0.1, 0.15) is 7.85 Å². The molecule has 70 valence electrons. The van der Waals surface area contributed by atoms with Crippen LogP contribution in [0.4, 0.5) is 0 Å². The quantitative estimate of drug-likeness (QED) is 0.427. The molecule has 0 N–H and O–H groups in total. The standard InChI is InChI=1S/C11H18BN/c1-6-8(3)11(13-5)9(4)7(2)10(6)12/h6,8H,5,12H2,1-4H3. The first-order valence-corrected chi connectivity index (χ1v) is 4.86. The molecule has 0 aromatic heterocycles. The monoisotopic (exact) mass is 175 g/mol. The summed E-state index contributed by atoms with van der Waals surface area (Å²) in [7, 11) is 2.22. The summed E-state index contributed by atoms with van der Waals surface area (Å²) in [6.45, 7) is 12.5. The van der Waals surface area contributed by atoms with E-state index in [1.807, 2.05) is 0 Å². The van der Waals surface area contributed by atoms with Gasteiger partial charge in [0.2, 0.25) is 0 Å². The smallest absolute Gasteiger partial charge is 0.134 e. The van der Waals surface area contributed by atoms with E-state index < -0.39 is 0 Å². The van der Waals surface area contributed by atoms with E-state index in [4.69, 9.17) is 0 Å². The number of hydrogen-bond acceptors (Lipinski definition) is 1. The minimum absolute atomic E-state index is 0.515. The van der Waals surface area contributed by atoms with Crippen LogP contribution in [-0.4, -0.2) is 14.6 Å². The topological polar surface area (TPSA) is 12.4 Å². The third-order valence-corrected chi connectivity index (χ3v) is 3.57. The maximum atomic E-state index is 4.14. The van der Waals surface area contributed by atoms with Gasteiger partial charge >= 0.3 is 0 Å². The van der Waals surface area contributed by atoms with Crippen molar-refractivity contribution in [3.63, 3.8) is 0 Å². The molecule has 0 fully saturated rings. The Morgan fingerprint density at radius 1 is 1.15 bits per heavy atom. The van der Waals surface area contributed by atoms with E-state index in [2.05, 4.69) is 47.3 Å². The summed E-state index contributed by atoms with van der Waals surface area (Å²) in [5.74, 6) is 1.12. The normalized spacial score (nSPS) is 29.5. The Hall–Kier alpha value is -0.785. The molecule has 0 saturated carbocycles. The zero-order valence-corrected chi connectivity index (χ0v) is 9.31. The molecule has 0 aromatic rings. The van der Waals surface area contributed by atoms with Crippen LogP contribution in [0, 0.1) is 11.8 Å². The first kappa shape index (κ1) is 10.3. The van der Waals surface area contributed by atoms with E-state index >= 15 is 0 Å². The van der Waals surface area contributed by atoms with Crippen molar-refractivity contribution in [1.29, 1.82) is 0 Å². The van der Waals surface area contributed by atoms with Crippen molar-refractivity contribution in [2.24, 2.45) is 16.8 Å². The molecule has 1 aliphatic rings. The molecule has 2 heteroatoms. The molecule has 0 aromatic carbocycles. The SMILES string of the molecule is BC1=C(C)C(C)=C(N=C)C(C)C1C. The zero-order valence-electron chi connectivity index (χ0n) is 9.31. The molecule has 2 atom stereocenters. The summed E-state index contributed by atoms with van der Waals surface area (Å²) in [5.41, 5.74) is 5.39. The maximum Gasteiger partial charge on any atom is 0.134 e. The van der Waals surface area contributed by atoms with Gasteiger partial charge in [-0.25, -0.2) is 0 Å². The van der Waals surface area contributed by atoms with Gasteiger partial charge in [-0.1, -0.05) is 19.4 Å². The van der Waals surface area contributed by atoms with Crippen molar-refractivity contribution in [1.82, 2.24) is 0 Å². The Morgan fingerprint density at radius 2 is 1.69 bits per heavy atom. The van der Waals surface area contributed by atoms with Crippen molar-refractivity contribution >= 4 is 14.6 Å². The predicted octanol–water partition coefficient (Wildman–Crippen LogP) is 2.15. The van der Waals surface area contributed by atoms with Crippen LogP contribution in [0.15, 0.2) is 27.3 Å². The Balaban J connectivity index is 3.26. The second-order valence-electron chi connectivity index (χ2n) is 4.05. The van der Waals surface area contributed by atoms with Crippen LogP contribution in [0.25, 0.3) is 0 Å². The van der Waals surface area contributed by atoms with E-state index in [1.165, 1.54) is 22.3 Å². The second kappa shape index (κ2) is 3.53. The van der Waals surface area contributed by atoms with E-state index in [0.29, 0.717) is 11.8 Å². The Morgan fingerprint density at radius 3 is 2.15 bits per heavy atom. The largest absolute Gasteiger partial charge is 0.268 e. The van der Waals surface area contributed by atoms with Crippen molar-refractivity contribution in [2.45, 2.75) is 27.7 Å². The van der Waals surface area contributed by atoms with Crippen molar-refractivity contribution in [3.8, 4) is 0 Å². The molecule has 1 nitrogen and oxygen atoms in total. The molecule has 2 unspecified atom stereocenters. The van der Waals surface area contributed by atoms with Crippen LogP contribution >= 0.6 is 0 Å². The fraction of sp³-hybridized carbons (Fsp3) is 0.545. The molecular formula is C11H18BN. The van der Waals surface area contributed by atoms with E-state index in [-0.39, 0.29) is 0 Å². The van der Waals surface area contributed by atoms with Crippen LogP contribution in [0.3, 0.4) is 0 Å². The molecule has 0 amide bonds. The average Bonchev–Trinajstić information content (AvgIpc) is 2.13. The van der Waals surface area contributed by atoms with E-state index in [9.17, 15) is 0 Å². The highest BCUT2D eigenvalue weighted by atomic mass is 14.7. The maximum absolute atomic E-state index is 4.14. The summed E-state index contributed by atoms with van der Waals surface area (Å²) in [6, 6.07) is 0. The third-order valence-electron chi connectivity index (χ3n) is 3.57. The molecule has 0 bridgehead atoms.